The summed E-state index contributed by atoms with van der Waals surface area (Å²) < 4.78 is 1.93. The number of aromatic nitrogens is 3. The number of nitrogens with zero attached hydrogens (tertiary/aromatic N) is 4. The van der Waals surface area contributed by atoms with E-state index in [1.165, 1.54) is 22.1 Å². The number of guanidine groups is 1. The van der Waals surface area contributed by atoms with Crippen molar-refractivity contribution in [1.29, 1.82) is 0 Å². The van der Waals surface area contributed by atoms with Crippen molar-refractivity contribution in [3.05, 3.63) is 95.9 Å². The second-order valence-corrected chi connectivity index (χ2v) is 7.34. The van der Waals surface area contributed by atoms with E-state index in [1.54, 1.807) is 6.20 Å². The molecule has 0 radical (unpaired) electrons. The SMILES string of the molecule is CCNC(=NCc1ccccc1Cn1cccn1)NCCc1cccc2cccnc12.I. The van der Waals surface area contributed by atoms with E-state index in [-0.39, 0.29) is 24.0 Å². The first kappa shape index (κ1) is 23.7. The number of halogens is 1. The highest BCUT2D eigenvalue weighted by Crippen LogP contribution is 2.16. The topological polar surface area (TPSA) is 67.1 Å². The summed E-state index contributed by atoms with van der Waals surface area (Å²) in [5.41, 5.74) is 4.74. The number of aliphatic imine (C=N–C) groups is 1. The third-order valence-electron chi connectivity index (χ3n) is 5.16. The van der Waals surface area contributed by atoms with E-state index in [2.05, 4.69) is 76.2 Å². The second-order valence-electron chi connectivity index (χ2n) is 7.34. The summed E-state index contributed by atoms with van der Waals surface area (Å²) >= 11 is 0. The van der Waals surface area contributed by atoms with Crippen molar-refractivity contribution in [3.63, 3.8) is 0 Å². The molecule has 0 unspecified atom stereocenters. The molecular weight excluding hydrogens is 511 g/mol. The van der Waals surface area contributed by atoms with E-state index in [1.807, 2.05) is 29.2 Å². The van der Waals surface area contributed by atoms with Crippen LogP contribution in [-0.2, 0) is 19.5 Å². The lowest BCUT2D eigenvalue weighted by Crippen LogP contribution is -2.38. The Balaban J connectivity index is 0.00000289. The molecular formula is C25H29IN6. The smallest absolute Gasteiger partial charge is 0.191 e. The van der Waals surface area contributed by atoms with Gasteiger partial charge in [0, 0.05) is 37.1 Å². The molecule has 6 nitrogen and oxygen atoms in total. The number of hydrogen-bond donors (Lipinski definition) is 2. The maximum atomic E-state index is 4.82. The number of para-hydroxylation sites is 1. The van der Waals surface area contributed by atoms with Crippen LogP contribution in [0.2, 0.25) is 0 Å². The number of pyridine rings is 1. The first-order valence-electron chi connectivity index (χ1n) is 10.7. The predicted octanol–water partition coefficient (Wildman–Crippen LogP) is 4.40. The third-order valence-corrected chi connectivity index (χ3v) is 5.16. The van der Waals surface area contributed by atoms with E-state index in [0.717, 1.165) is 37.5 Å². The van der Waals surface area contributed by atoms with Gasteiger partial charge in [0.05, 0.1) is 18.6 Å². The van der Waals surface area contributed by atoms with Crippen LogP contribution >= 0.6 is 24.0 Å². The van der Waals surface area contributed by atoms with E-state index >= 15 is 0 Å². The maximum Gasteiger partial charge on any atom is 0.191 e. The van der Waals surface area contributed by atoms with Crippen LogP contribution < -0.4 is 10.6 Å². The number of fused-ring (bicyclic) bond motifs is 1. The monoisotopic (exact) mass is 540 g/mol. The normalized spacial score (nSPS) is 11.2. The van der Waals surface area contributed by atoms with Crippen molar-refractivity contribution in [1.82, 2.24) is 25.4 Å². The Labute approximate surface area is 206 Å². The van der Waals surface area contributed by atoms with Crippen molar-refractivity contribution in [2.45, 2.75) is 26.4 Å². The van der Waals surface area contributed by atoms with Gasteiger partial charge < -0.3 is 10.6 Å². The van der Waals surface area contributed by atoms with Gasteiger partial charge in [-0.05, 0) is 42.2 Å². The second kappa shape index (κ2) is 12.2. The highest BCUT2D eigenvalue weighted by atomic mass is 127. The molecule has 0 amide bonds. The number of rotatable bonds is 8. The minimum absolute atomic E-state index is 0. The molecule has 0 aliphatic carbocycles. The van der Waals surface area contributed by atoms with E-state index in [9.17, 15) is 0 Å². The molecule has 2 heterocycles. The van der Waals surface area contributed by atoms with Crippen LogP contribution in [0.1, 0.15) is 23.6 Å². The van der Waals surface area contributed by atoms with Gasteiger partial charge in [0.25, 0.3) is 0 Å². The molecule has 0 bridgehead atoms. The standard InChI is InChI=1S/C25H28N6.HI/c1-2-26-25(28-16-13-21-11-5-10-20-12-6-14-27-24(20)21)29-18-22-8-3-4-9-23(22)19-31-17-7-15-30-31;/h3-12,14-15,17H,2,13,16,18-19H2,1H3,(H2,26,28,29);1H. The Kier molecular flexibility index (Phi) is 9.03. The summed E-state index contributed by atoms with van der Waals surface area (Å²) in [6.45, 7) is 5.05. The lowest BCUT2D eigenvalue weighted by molar-refractivity contribution is 0.680. The third kappa shape index (κ3) is 6.29. The summed E-state index contributed by atoms with van der Waals surface area (Å²) in [7, 11) is 0. The van der Waals surface area contributed by atoms with Crippen molar-refractivity contribution in [2.75, 3.05) is 13.1 Å². The summed E-state index contributed by atoms with van der Waals surface area (Å²) in [6, 6.07) is 20.8. The van der Waals surface area contributed by atoms with Gasteiger partial charge in [0.1, 0.15) is 0 Å². The van der Waals surface area contributed by atoms with Crippen molar-refractivity contribution in [2.24, 2.45) is 4.99 Å². The zero-order valence-corrected chi connectivity index (χ0v) is 20.6. The maximum absolute atomic E-state index is 4.82. The Hall–Kier alpha value is -2.94. The summed E-state index contributed by atoms with van der Waals surface area (Å²) in [5.74, 6) is 0.824. The van der Waals surface area contributed by atoms with Crippen LogP contribution in [0.15, 0.2) is 84.2 Å². The predicted molar refractivity (Wildman–Crippen MR) is 141 cm³/mol. The summed E-state index contributed by atoms with van der Waals surface area (Å²) in [5, 5.41) is 12.3. The highest BCUT2D eigenvalue weighted by molar-refractivity contribution is 14.0. The van der Waals surface area contributed by atoms with Crippen LogP contribution in [0.25, 0.3) is 10.9 Å². The first-order chi connectivity index (χ1) is 15.3. The van der Waals surface area contributed by atoms with Crippen LogP contribution in [-0.4, -0.2) is 33.8 Å². The molecule has 4 aromatic rings. The molecule has 0 saturated carbocycles. The van der Waals surface area contributed by atoms with Gasteiger partial charge in [-0.25, -0.2) is 4.99 Å². The molecule has 4 rings (SSSR count). The van der Waals surface area contributed by atoms with Crippen molar-refractivity contribution in [3.8, 4) is 0 Å². The molecule has 2 aromatic carbocycles. The van der Waals surface area contributed by atoms with Gasteiger partial charge in [-0.3, -0.25) is 9.67 Å². The molecule has 0 atom stereocenters. The van der Waals surface area contributed by atoms with Gasteiger partial charge in [-0.15, -0.1) is 24.0 Å². The fourth-order valence-electron chi connectivity index (χ4n) is 3.63. The molecule has 2 aromatic heterocycles. The van der Waals surface area contributed by atoms with Crippen LogP contribution in [0.3, 0.4) is 0 Å². The molecule has 0 fully saturated rings. The molecule has 166 valence electrons. The Morgan fingerprint density at radius 1 is 0.906 bits per heavy atom. The largest absolute Gasteiger partial charge is 0.357 e. The number of hydrogen-bond acceptors (Lipinski definition) is 3. The zero-order valence-electron chi connectivity index (χ0n) is 18.2. The quantitative estimate of drug-likeness (QED) is 0.198. The summed E-state index contributed by atoms with van der Waals surface area (Å²) in [4.78, 5) is 9.37. The van der Waals surface area contributed by atoms with Gasteiger partial charge in [-0.1, -0.05) is 48.5 Å². The lowest BCUT2D eigenvalue weighted by atomic mass is 10.1. The van der Waals surface area contributed by atoms with Gasteiger partial charge in [0.2, 0.25) is 0 Å². The fourth-order valence-corrected chi connectivity index (χ4v) is 3.63. The number of benzene rings is 2. The fraction of sp³-hybridized carbons (Fsp3) is 0.240. The number of nitrogens with one attached hydrogen (secondary N) is 2. The van der Waals surface area contributed by atoms with Crippen molar-refractivity contribution >= 4 is 40.8 Å². The van der Waals surface area contributed by atoms with E-state index < -0.39 is 0 Å². The Bertz CT molecular complexity index is 1130. The molecule has 0 aliphatic rings. The minimum atomic E-state index is 0. The molecule has 0 saturated heterocycles. The van der Waals surface area contributed by atoms with Gasteiger partial charge in [0.15, 0.2) is 5.96 Å². The average Bonchev–Trinajstić information content (AvgIpc) is 3.31. The van der Waals surface area contributed by atoms with Gasteiger partial charge >= 0.3 is 0 Å². The Morgan fingerprint density at radius 2 is 1.72 bits per heavy atom. The molecule has 0 spiro atoms. The molecule has 2 N–H and O–H groups in total. The average molecular weight is 540 g/mol. The lowest BCUT2D eigenvalue weighted by Gasteiger charge is -2.13. The van der Waals surface area contributed by atoms with Crippen LogP contribution in [0.4, 0.5) is 0 Å². The van der Waals surface area contributed by atoms with Crippen LogP contribution in [0.5, 0.6) is 0 Å². The Morgan fingerprint density at radius 3 is 2.53 bits per heavy atom. The first-order valence-corrected chi connectivity index (χ1v) is 10.7. The molecule has 7 heteroatoms. The van der Waals surface area contributed by atoms with Crippen LogP contribution in [0, 0.1) is 0 Å². The minimum Gasteiger partial charge on any atom is -0.357 e. The zero-order chi connectivity index (χ0) is 21.3. The molecule has 0 aliphatic heterocycles. The van der Waals surface area contributed by atoms with E-state index in [0.29, 0.717) is 6.54 Å². The highest BCUT2D eigenvalue weighted by Gasteiger charge is 2.05. The van der Waals surface area contributed by atoms with E-state index in [4.69, 9.17) is 4.99 Å². The van der Waals surface area contributed by atoms with Gasteiger partial charge in [-0.2, -0.15) is 5.10 Å². The summed E-state index contributed by atoms with van der Waals surface area (Å²) in [6.07, 6.45) is 6.52. The molecule has 32 heavy (non-hydrogen) atoms. The van der Waals surface area contributed by atoms with Crippen molar-refractivity contribution < 1.29 is 0 Å².